The van der Waals surface area contributed by atoms with E-state index in [-0.39, 0.29) is 12.5 Å². The predicted octanol–water partition coefficient (Wildman–Crippen LogP) is 3.36. The van der Waals surface area contributed by atoms with Gasteiger partial charge in [0.1, 0.15) is 5.60 Å². The molecule has 2 aromatic heterocycles. The Hall–Kier alpha value is -2.11. The van der Waals surface area contributed by atoms with Crippen LogP contribution in [0.15, 0.2) is 41.9 Å². The number of aromatic amines is 1. The molecule has 3 rings (SSSR count). The summed E-state index contributed by atoms with van der Waals surface area (Å²) >= 11 is 1.49. The normalized spacial score (nSPS) is 13.8. The number of H-pyrrole nitrogens is 1. The van der Waals surface area contributed by atoms with Gasteiger partial charge in [0.05, 0.1) is 13.0 Å². The second-order valence-electron chi connectivity index (χ2n) is 6.21. The highest BCUT2D eigenvalue weighted by Gasteiger charge is 2.25. The van der Waals surface area contributed by atoms with E-state index in [1.165, 1.54) is 16.9 Å². The molecule has 1 atom stereocenters. The molecule has 2 heterocycles. The first-order chi connectivity index (χ1) is 11.5. The summed E-state index contributed by atoms with van der Waals surface area (Å²) in [6.45, 7) is 4.04. The Morgan fingerprint density at radius 3 is 2.83 bits per heavy atom. The molecule has 0 saturated heterocycles. The van der Waals surface area contributed by atoms with Gasteiger partial charge in [0.25, 0.3) is 0 Å². The van der Waals surface area contributed by atoms with Gasteiger partial charge in [-0.05, 0) is 35.9 Å². The zero-order chi connectivity index (χ0) is 17.2. The van der Waals surface area contributed by atoms with Crippen LogP contribution < -0.4 is 5.32 Å². The van der Waals surface area contributed by atoms with Crippen molar-refractivity contribution >= 4 is 28.1 Å². The fourth-order valence-corrected chi connectivity index (χ4v) is 3.68. The summed E-state index contributed by atoms with van der Waals surface area (Å²) in [5.74, 6) is -0.0883. The highest BCUT2D eigenvalue weighted by atomic mass is 32.1. The van der Waals surface area contributed by atoms with E-state index in [0.29, 0.717) is 6.42 Å². The van der Waals surface area contributed by atoms with Crippen LogP contribution >= 0.6 is 11.3 Å². The molecule has 126 valence electrons. The minimum Gasteiger partial charge on any atom is -0.383 e. The number of thiophene rings is 1. The van der Waals surface area contributed by atoms with Crippen LogP contribution in [0.25, 0.3) is 10.9 Å². The lowest BCUT2D eigenvalue weighted by molar-refractivity contribution is -0.121. The zero-order valence-electron chi connectivity index (χ0n) is 13.9. The molecule has 24 heavy (non-hydrogen) atoms. The molecule has 0 aliphatic rings. The van der Waals surface area contributed by atoms with Crippen molar-refractivity contribution in [2.45, 2.75) is 32.3 Å². The van der Waals surface area contributed by atoms with Gasteiger partial charge in [-0.15, -0.1) is 11.3 Å². The van der Waals surface area contributed by atoms with Crippen molar-refractivity contribution in [1.82, 2.24) is 10.3 Å². The number of amides is 1. The fourth-order valence-electron chi connectivity index (χ4n) is 2.89. The van der Waals surface area contributed by atoms with E-state index in [1.807, 2.05) is 35.8 Å². The summed E-state index contributed by atoms with van der Waals surface area (Å²) in [5, 5.41) is 16.3. The summed E-state index contributed by atoms with van der Waals surface area (Å²) in [4.78, 5) is 16.4. The highest BCUT2D eigenvalue weighted by Crippen LogP contribution is 2.25. The number of nitrogens with one attached hydrogen (secondary N) is 2. The molecule has 0 aliphatic heterocycles. The second-order valence-corrected chi connectivity index (χ2v) is 7.16. The van der Waals surface area contributed by atoms with E-state index < -0.39 is 5.60 Å². The van der Waals surface area contributed by atoms with Crippen molar-refractivity contribution in [3.8, 4) is 0 Å². The third kappa shape index (κ3) is 3.37. The lowest BCUT2D eigenvalue weighted by Crippen LogP contribution is -2.38. The molecular formula is C19H22N2O2S. The zero-order valence-corrected chi connectivity index (χ0v) is 14.7. The molecule has 1 unspecified atom stereocenters. The smallest absolute Gasteiger partial charge is 0.224 e. The number of hydrogen-bond donors (Lipinski definition) is 3. The Morgan fingerprint density at radius 1 is 1.29 bits per heavy atom. The molecule has 1 amide bonds. The number of para-hydroxylation sites is 1. The number of fused-ring (bicyclic) bond motifs is 1. The Kier molecular flexibility index (Phi) is 4.73. The van der Waals surface area contributed by atoms with Gasteiger partial charge in [-0.1, -0.05) is 31.2 Å². The van der Waals surface area contributed by atoms with Crippen molar-refractivity contribution < 1.29 is 9.90 Å². The van der Waals surface area contributed by atoms with Crippen LogP contribution in [0.4, 0.5) is 0 Å². The van der Waals surface area contributed by atoms with Gasteiger partial charge in [0.15, 0.2) is 0 Å². The number of carbonyl (C=O) groups is 1. The van der Waals surface area contributed by atoms with Crippen molar-refractivity contribution in [2.24, 2.45) is 0 Å². The highest BCUT2D eigenvalue weighted by molar-refractivity contribution is 7.10. The molecule has 4 nitrogen and oxygen atoms in total. The Morgan fingerprint density at radius 2 is 2.12 bits per heavy atom. The first-order valence-corrected chi connectivity index (χ1v) is 9.00. The van der Waals surface area contributed by atoms with Crippen LogP contribution in [0, 0.1) is 0 Å². The van der Waals surface area contributed by atoms with Gasteiger partial charge < -0.3 is 15.4 Å². The molecule has 0 spiro atoms. The number of carbonyl (C=O) groups excluding carboxylic acids is 1. The van der Waals surface area contributed by atoms with E-state index >= 15 is 0 Å². The second kappa shape index (κ2) is 6.79. The average molecular weight is 342 g/mol. The van der Waals surface area contributed by atoms with Crippen LogP contribution in [0.2, 0.25) is 0 Å². The Bertz CT molecular complexity index is 834. The van der Waals surface area contributed by atoms with E-state index in [0.717, 1.165) is 27.8 Å². The summed E-state index contributed by atoms with van der Waals surface area (Å²) < 4.78 is 0. The molecule has 0 saturated carbocycles. The maximum absolute atomic E-state index is 12.3. The van der Waals surface area contributed by atoms with Crippen molar-refractivity contribution in [3.63, 3.8) is 0 Å². The lowest BCUT2D eigenvalue weighted by atomic mass is 10.0. The quantitative estimate of drug-likeness (QED) is 0.643. The molecule has 0 aliphatic carbocycles. The number of hydrogen-bond acceptors (Lipinski definition) is 3. The third-order valence-electron chi connectivity index (χ3n) is 4.30. The molecule has 3 N–H and O–H groups in total. The number of benzene rings is 1. The minimum absolute atomic E-state index is 0.0883. The maximum atomic E-state index is 12.3. The monoisotopic (exact) mass is 342 g/mol. The molecule has 5 heteroatoms. The van der Waals surface area contributed by atoms with Crippen molar-refractivity contribution in [2.75, 3.05) is 6.54 Å². The first-order valence-electron chi connectivity index (χ1n) is 8.12. The topological polar surface area (TPSA) is 65.1 Å². The van der Waals surface area contributed by atoms with E-state index in [9.17, 15) is 9.90 Å². The van der Waals surface area contributed by atoms with Crippen LogP contribution in [0.3, 0.4) is 0 Å². The van der Waals surface area contributed by atoms with Crippen LogP contribution in [-0.2, 0) is 23.2 Å². The molecule has 0 bridgehead atoms. The number of rotatable bonds is 6. The molecule has 3 aromatic rings. The fraction of sp³-hybridized carbons (Fsp3) is 0.316. The van der Waals surface area contributed by atoms with Gasteiger partial charge in [-0.25, -0.2) is 0 Å². The molecular weight excluding hydrogens is 320 g/mol. The van der Waals surface area contributed by atoms with Crippen LogP contribution in [0.5, 0.6) is 0 Å². The maximum Gasteiger partial charge on any atom is 0.224 e. The molecule has 1 aromatic carbocycles. The number of aryl methyl sites for hydroxylation is 1. The molecule has 0 radical (unpaired) electrons. The molecule has 0 fully saturated rings. The number of aromatic nitrogens is 1. The summed E-state index contributed by atoms with van der Waals surface area (Å²) in [6, 6.07) is 9.94. The van der Waals surface area contributed by atoms with Gasteiger partial charge in [-0.2, -0.15) is 0 Å². The lowest BCUT2D eigenvalue weighted by Gasteiger charge is -2.22. The number of aliphatic hydroxyl groups is 1. The van der Waals surface area contributed by atoms with Gasteiger partial charge in [0.2, 0.25) is 5.91 Å². The first kappa shape index (κ1) is 16.7. The van der Waals surface area contributed by atoms with Crippen LogP contribution in [0.1, 0.15) is 29.9 Å². The van der Waals surface area contributed by atoms with E-state index in [2.05, 4.69) is 23.3 Å². The summed E-state index contributed by atoms with van der Waals surface area (Å²) in [7, 11) is 0. The van der Waals surface area contributed by atoms with Gasteiger partial charge in [-0.3, -0.25) is 4.79 Å². The average Bonchev–Trinajstić information content (AvgIpc) is 3.23. The minimum atomic E-state index is -1.04. The van der Waals surface area contributed by atoms with Gasteiger partial charge >= 0.3 is 0 Å². The van der Waals surface area contributed by atoms with E-state index in [1.54, 1.807) is 6.92 Å². The third-order valence-corrected chi connectivity index (χ3v) is 5.42. The van der Waals surface area contributed by atoms with Gasteiger partial charge in [0, 0.05) is 22.0 Å². The Balaban J connectivity index is 1.67. The SMILES string of the molecule is CCc1cccc2c(CC(=O)NCC(C)(O)c3cccs3)c[nH]c12. The van der Waals surface area contributed by atoms with Crippen LogP contribution in [-0.4, -0.2) is 22.5 Å². The standard InChI is InChI=1S/C19H22N2O2S/c1-3-13-6-4-7-15-14(11-20-18(13)15)10-17(22)21-12-19(2,23)16-8-5-9-24-16/h4-9,11,20,23H,3,10,12H2,1-2H3,(H,21,22). The summed E-state index contributed by atoms with van der Waals surface area (Å²) in [6.07, 6.45) is 3.15. The van der Waals surface area contributed by atoms with E-state index in [4.69, 9.17) is 0 Å². The largest absolute Gasteiger partial charge is 0.383 e. The van der Waals surface area contributed by atoms with Crippen molar-refractivity contribution in [3.05, 3.63) is 57.9 Å². The predicted molar refractivity (Wildman–Crippen MR) is 98.3 cm³/mol. The Labute approximate surface area is 145 Å². The van der Waals surface area contributed by atoms with Crippen molar-refractivity contribution in [1.29, 1.82) is 0 Å². The summed E-state index contributed by atoms with van der Waals surface area (Å²) in [5.41, 5.74) is 2.29.